The number of hydrogen-bond acceptors (Lipinski definition) is 4. The van der Waals surface area contributed by atoms with E-state index in [1.807, 2.05) is 49.4 Å². The van der Waals surface area contributed by atoms with E-state index in [0.29, 0.717) is 37.6 Å². The Kier molecular flexibility index (Phi) is 8.59. The average molecular weight is 382 g/mol. The van der Waals surface area contributed by atoms with E-state index < -0.39 is 0 Å². The first-order chi connectivity index (χ1) is 13.6. The summed E-state index contributed by atoms with van der Waals surface area (Å²) in [5.41, 5.74) is 1.79. The molecule has 2 aromatic rings. The predicted octanol–water partition coefficient (Wildman–Crippen LogP) is 2.58. The molecule has 28 heavy (non-hydrogen) atoms. The lowest BCUT2D eigenvalue weighted by Crippen LogP contribution is -2.34. The van der Waals surface area contributed by atoms with Gasteiger partial charge in [-0.25, -0.2) is 0 Å². The van der Waals surface area contributed by atoms with Crippen molar-refractivity contribution in [1.82, 2.24) is 10.6 Å². The number of benzene rings is 2. The maximum Gasteiger partial charge on any atom is 0.244 e. The molecule has 0 unspecified atom stereocenters. The van der Waals surface area contributed by atoms with E-state index >= 15 is 0 Å². The van der Waals surface area contributed by atoms with E-state index in [1.165, 1.54) is 6.08 Å². The lowest BCUT2D eigenvalue weighted by atomic mass is 10.1. The monoisotopic (exact) mass is 382 g/mol. The van der Waals surface area contributed by atoms with Crippen LogP contribution in [0.2, 0.25) is 0 Å². The van der Waals surface area contributed by atoms with E-state index in [4.69, 9.17) is 9.47 Å². The standard InChI is InChI=1S/C22H26N2O4/c1-3-28-20-15-18(9-11-19(20)27-2)10-12-21(25)23-13-14-24-22(26)16-17-7-5-4-6-8-17/h4-12,15H,3,13-14,16H2,1-2H3,(H,23,25)(H,24,26)/b12-10+. The predicted molar refractivity (Wildman–Crippen MR) is 109 cm³/mol. The van der Waals surface area contributed by atoms with E-state index in [0.717, 1.165) is 11.1 Å². The van der Waals surface area contributed by atoms with Gasteiger partial charge in [-0.3, -0.25) is 9.59 Å². The van der Waals surface area contributed by atoms with Crippen molar-refractivity contribution in [2.24, 2.45) is 0 Å². The summed E-state index contributed by atoms with van der Waals surface area (Å²) in [4.78, 5) is 23.8. The van der Waals surface area contributed by atoms with Gasteiger partial charge in [0, 0.05) is 19.2 Å². The molecule has 2 rings (SSSR count). The molecule has 2 amide bonds. The summed E-state index contributed by atoms with van der Waals surface area (Å²) in [6.07, 6.45) is 3.48. The van der Waals surface area contributed by atoms with Crippen LogP contribution in [0.15, 0.2) is 54.6 Å². The van der Waals surface area contributed by atoms with Crippen molar-refractivity contribution in [2.75, 3.05) is 26.8 Å². The molecule has 0 saturated heterocycles. The molecular formula is C22H26N2O4. The van der Waals surface area contributed by atoms with E-state index in [2.05, 4.69) is 10.6 Å². The highest BCUT2D eigenvalue weighted by atomic mass is 16.5. The molecular weight excluding hydrogens is 356 g/mol. The number of amides is 2. The fourth-order valence-corrected chi connectivity index (χ4v) is 2.53. The van der Waals surface area contributed by atoms with Gasteiger partial charge in [-0.15, -0.1) is 0 Å². The van der Waals surface area contributed by atoms with Gasteiger partial charge in [0.15, 0.2) is 11.5 Å². The Hall–Kier alpha value is -3.28. The molecule has 2 N–H and O–H groups in total. The van der Waals surface area contributed by atoms with Crippen molar-refractivity contribution in [1.29, 1.82) is 0 Å². The summed E-state index contributed by atoms with van der Waals surface area (Å²) in [6.45, 7) is 3.16. The van der Waals surface area contributed by atoms with Crippen LogP contribution in [0, 0.1) is 0 Å². The summed E-state index contributed by atoms with van der Waals surface area (Å²) < 4.78 is 10.8. The Morgan fingerprint density at radius 2 is 1.75 bits per heavy atom. The molecule has 0 aliphatic carbocycles. The quantitative estimate of drug-likeness (QED) is 0.489. The van der Waals surface area contributed by atoms with Crippen LogP contribution in [-0.4, -0.2) is 38.6 Å². The maximum atomic E-state index is 11.9. The van der Waals surface area contributed by atoms with Crippen molar-refractivity contribution in [3.05, 3.63) is 65.7 Å². The first kappa shape index (κ1) is 21.0. The second-order valence-corrected chi connectivity index (χ2v) is 5.98. The number of ether oxygens (including phenoxy) is 2. The summed E-state index contributed by atoms with van der Waals surface area (Å²) in [5, 5.41) is 5.52. The van der Waals surface area contributed by atoms with E-state index in [-0.39, 0.29) is 11.8 Å². The van der Waals surface area contributed by atoms with E-state index in [1.54, 1.807) is 19.3 Å². The van der Waals surface area contributed by atoms with Gasteiger partial charge in [-0.1, -0.05) is 36.4 Å². The molecule has 0 atom stereocenters. The van der Waals surface area contributed by atoms with Crippen LogP contribution in [0.4, 0.5) is 0 Å². The summed E-state index contributed by atoms with van der Waals surface area (Å²) in [6, 6.07) is 15.0. The minimum Gasteiger partial charge on any atom is -0.493 e. The Morgan fingerprint density at radius 3 is 2.46 bits per heavy atom. The molecule has 0 heterocycles. The molecule has 0 aliphatic rings. The topological polar surface area (TPSA) is 76.7 Å². The molecule has 2 aromatic carbocycles. The number of methoxy groups -OCH3 is 1. The summed E-state index contributed by atoms with van der Waals surface area (Å²) >= 11 is 0. The second kappa shape index (κ2) is 11.4. The van der Waals surface area contributed by atoms with Crippen LogP contribution in [0.1, 0.15) is 18.1 Å². The highest BCUT2D eigenvalue weighted by Gasteiger charge is 2.05. The zero-order valence-corrected chi connectivity index (χ0v) is 16.2. The Balaban J connectivity index is 1.73. The Morgan fingerprint density at radius 1 is 1.00 bits per heavy atom. The van der Waals surface area contributed by atoms with Crippen LogP contribution in [-0.2, 0) is 16.0 Å². The lowest BCUT2D eigenvalue weighted by Gasteiger charge is -2.09. The molecule has 0 aromatic heterocycles. The van der Waals surface area contributed by atoms with Crippen molar-refractivity contribution in [2.45, 2.75) is 13.3 Å². The van der Waals surface area contributed by atoms with Gasteiger partial charge in [0.25, 0.3) is 0 Å². The molecule has 0 bridgehead atoms. The first-order valence-electron chi connectivity index (χ1n) is 9.19. The number of carbonyl (C=O) groups is 2. The van der Waals surface area contributed by atoms with Crippen LogP contribution >= 0.6 is 0 Å². The SMILES string of the molecule is CCOc1cc(/C=C/C(=O)NCCNC(=O)Cc2ccccc2)ccc1OC. The van der Waals surface area contributed by atoms with Gasteiger partial charge in [-0.05, 0) is 36.3 Å². The average Bonchev–Trinajstić information content (AvgIpc) is 2.71. The highest BCUT2D eigenvalue weighted by molar-refractivity contribution is 5.91. The number of nitrogens with one attached hydrogen (secondary N) is 2. The third-order valence-electron chi connectivity index (χ3n) is 3.87. The smallest absolute Gasteiger partial charge is 0.244 e. The minimum atomic E-state index is -0.230. The van der Waals surface area contributed by atoms with Crippen molar-refractivity contribution in [3.8, 4) is 11.5 Å². The number of carbonyl (C=O) groups excluding carboxylic acids is 2. The Labute approximate surface area is 165 Å². The summed E-state index contributed by atoms with van der Waals surface area (Å²) in [7, 11) is 1.58. The second-order valence-electron chi connectivity index (χ2n) is 5.98. The molecule has 148 valence electrons. The van der Waals surface area contributed by atoms with Crippen molar-refractivity contribution in [3.63, 3.8) is 0 Å². The number of rotatable bonds is 10. The van der Waals surface area contributed by atoms with Gasteiger partial charge in [0.1, 0.15) is 0 Å². The largest absolute Gasteiger partial charge is 0.493 e. The van der Waals surface area contributed by atoms with Crippen LogP contribution in [0.3, 0.4) is 0 Å². The number of hydrogen-bond donors (Lipinski definition) is 2. The molecule has 6 nitrogen and oxygen atoms in total. The fraction of sp³-hybridized carbons (Fsp3) is 0.273. The van der Waals surface area contributed by atoms with Gasteiger partial charge < -0.3 is 20.1 Å². The minimum absolute atomic E-state index is 0.0716. The normalized spacial score (nSPS) is 10.5. The van der Waals surface area contributed by atoms with Crippen LogP contribution in [0.25, 0.3) is 6.08 Å². The third kappa shape index (κ3) is 7.15. The Bertz CT molecular complexity index is 803. The van der Waals surface area contributed by atoms with Crippen molar-refractivity contribution < 1.29 is 19.1 Å². The van der Waals surface area contributed by atoms with E-state index in [9.17, 15) is 9.59 Å². The molecule has 0 fully saturated rings. The van der Waals surface area contributed by atoms with Gasteiger partial charge in [0.2, 0.25) is 11.8 Å². The first-order valence-corrected chi connectivity index (χ1v) is 9.19. The molecule has 0 aliphatic heterocycles. The van der Waals surface area contributed by atoms with Crippen molar-refractivity contribution >= 4 is 17.9 Å². The highest BCUT2D eigenvalue weighted by Crippen LogP contribution is 2.28. The zero-order valence-electron chi connectivity index (χ0n) is 16.2. The van der Waals surface area contributed by atoms with Crippen LogP contribution < -0.4 is 20.1 Å². The summed E-state index contributed by atoms with van der Waals surface area (Å²) in [5.74, 6) is 0.979. The molecule has 0 spiro atoms. The third-order valence-corrected chi connectivity index (χ3v) is 3.87. The zero-order chi connectivity index (χ0) is 20.2. The molecule has 6 heteroatoms. The van der Waals surface area contributed by atoms with Gasteiger partial charge in [-0.2, -0.15) is 0 Å². The van der Waals surface area contributed by atoms with Gasteiger partial charge >= 0.3 is 0 Å². The molecule has 0 radical (unpaired) electrons. The van der Waals surface area contributed by atoms with Gasteiger partial charge in [0.05, 0.1) is 20.1 Å². The maximum absolute atomic E-state index is 11.9. The molecule has 0 saturated carbocycles. The lowest BCUT2D eigenvalue weighted by molar-refractivity contribution is -0.121. The van der Waals surface area contributed by atoms with Crippen LogP contribution in [0.5, 0.6) is 11.5 Å². The fourth-order valence-electron chi connectivity index (χ4n) is 2.53.